The van der Waals surface area contributed by atoms with Crippen LogP contribution in [0.2, 0.25) is 0 Å². The summed E-state index contributed by atoms with van der Waals surface area (Å²) in [6.45, 7) is 2.17. The molecule has 1 aromatic carbocycles. The number of rotatable bonds is 1. The van der Waals surface area contributed by atoms with Crippen molar-refractivity contribution >= 4 is 0 Å². The lowest BCUT2D eigenvalue weighted by atomic mass is 9.83. The van der Waals surface area contributed by atoms with Gasteiger partial charge in [-0.3, -0.25) is 4.90 Å². The van der Waals surface area contributed by atoms with Crippen LogP contribution in [0.4, 0.5) is 0 Å². The highest BCUT2D eigenvalue weighted by Crippen LogP contribution is 2.31. The van der Waals surface area contributed by atoms with Gasteiger partial charge in [0.2, 0.25) is 0 Å². The van der Waals surface area contributed by atoms with E-state index in [4.69, 9.17) is 0 Å². The maximum atomic E-state index is 9.31. The maximum absolute atomic E-state index is 9.31. The van der Waals surface area contributed by atoms with Gasteiger partial charge in [-0.25, -0.2) is 0 Å². The molecule has 2 aliphatic rings. The van der Waals surface area contributed by atoms with Crippen molar-refractivity contribution in [2.45, 2.75) is 44.7 Å². The summed E-state index contributed by atoms with van der Waals surface area (Å²) in [6, 6.07) is 11.8. The van der Waals surface area contributed by atoms with Crippen LogP contribution in [0.15, 0.2) is 24.3 Å². The molecule has 94 valence electrons. The third-order valence-corrected chi connectivity index (χ3v) is 4.52. The van der Waals surface area contributed by atoms with Crippen LogP contribution in [0.25, 0.3) is 0 Å². The Bertz CT molecular complexity index is 460. The lowest BCUT2D eigenvalue weighted by molar-refractivity contribution is 0.113. The van der Waals surface area contributed by atoms with Crippen LogP contribution in [0.5, 0.6) is 0 Å². The monoisotopic (exact) mass is 240 g/mol. The van der Waals surface area contributed by atoms with Gasteiger partial charge in [0.15, 0.2) is 0 Å². The first-order valence-corrected chi connectivity index (χ1v) is 7.09. The first-order valence-electron chi connectivity index (χ1n) is 7.09. The average molecular weight is 240 g/mol. The molecule has 0 amide bonds. The SMILES string of the molecule is N#CC1CCCCC1N1CCc2ccccc2C1. The second-order valence-corrected chi connectivity index (χ2v) is 5.58. The van der Waals surface area contributed by atoms with E-state index < -0.39 is 0 Å². The molecule has 2 atom stereocenters. The average Bonchev–Trinajstić information content (AvgIpc) is 2.46. The van der Waals surface area contributed by atoms with Gasteiger partial charge in [0.25, 0.3) is 0 Å². The van der Waals surface area contributed by atoms with Crippen molar-refractivity contribution < 1.29 is 0 Å². The molecule has 2 unspecified atom stereocenters. The Morgan fingerprint density at radius 2 is 1.89 bits per heavy atom. The molecule has 0 spiro atoms. The van der Waals surface area contributed by atoms with E-state index >= 15 is 0 Å². The second-order valence-electron chi connectivity index (χ2n) is 5.58. The van der Waals surface area contributed by atoms with E-state index in [1.165, 1.54) is 30.4 Å². The third-order valence-electron chi connectivity index (χ3n) is 4.52. The molecule has 3 rings (SSSR count). The van der Waals surface area contributed by atoms with Gasteiger partial charge in [-0.1, -0.05) is 37.1 Å². The van der Waals surface area contributed by atoms with Gasteiger partial charge < -0.3 is 0 Å². The topological polar surface area (TPSA) is 27.0 Å². The van der Waals surface area contributed by atoms with Gasteiger partial charge in [-0.15, -0.1) is 0 Å². The molecular weight excluding hydrogens is 220 g/mol. The van der Waals surface area contributed by atoms with Crippen LogP contribution in [0.3, 0.4) is 0 Å². The standard InChI is InChI=1S/C16H20N2/c17-11-14-6-3-4-8-16(14)18-10-9-13-5-1-2-7-15(13)12-18/h1-2,5,7,14,16H,3-4,6,8-10,12H2. The normalized spacial score (nSPS) is 28.4. The summed E-state index contributed by atoms with van der Waals surface area (Å²) in [6.07, 6.45) is 5.98. The van der Waals surface area contributed by atoms with Gasteiger partial charge in [-0.2, -0.15) is 5.26 Å². The molecule has 1 aliphatic carbocycles. The number of hydrogen-bond donors (Lipinski definition) is 0. The Morgan fingerprint density at radius 3 is 2.72 bits per heavy atom. The van der Waals surface area contributed by atoms with Gasteiger partial charge in [-0.05, 0) is 30.4 Å². The zero-order valence-electron chi connectivity index (χ0n) is 10.8. The van der Waals surface area contributed by atoms with E-state index in [0.29, 0.717) is 6.04 Å². The Morgan fingerprint density at radius 1 is 1.11 bits per heavy atom. The van der Waals surface area contributed by atoms with Crippen molar-refractivity contribution in [1.82, 2.24) is 4.90 Å². The first kappa shape index (κ1) is 11.7. The molecule has 1 aromatic rings. The number of fused-ring (bicyclic) bond motifs is 1. The summed E-state index contributed by atoms with van der Waals surface area (Å²) in [5.74, 6) is 0.254. The molecule has 2 heteroatoms. The Labute approximate surface area is 109 Å². The zero-order valence-corrected chi connectivity index (χ0v) is 10.8. The van der Waals surface area contributed by atoms with Crippen molar-refractivity contribution in [3.8, 4) is 6.07 Å². The molecule has 2 nitrogen and oxygen atoms in total. The molecule has 0 N–H and O–H groups in total. The molecular formula is C16H20N2. The van der Waals surface area contributed by atoms with Crippen molar-refractivity contribution in [3.05, 3.63) is 35.4 Å². The molecule has 0 saturated heterocycles. The quantitative estimate of drug-likeness (QED) is 0.754. The number of benzene rings is 1. The molecule has 18 heavy (non-hydrogen) atoms. The highest BCUT2D eigenvalue weighted by Gasteiger charge is 2.31. The van der Waals surface area contributed by atoms with E-state index in [0.717, 1.165) is 25.9 Å². The van der Waals surface area contributed by atoms with Gasteiger partial charge in [0.05, 0.1) is 12.0 Å². The Balaban J connectivity index is 1.77. The van der Waals surface area contributed by atoms with Gasteiger partial charge >= 0.3 is 0 Å². The van der Waals surface area contributed by atoms with Crippen molar-refractivity contribution in [2.24, 2.45) is 5.92 Å². The largest absolute Gasteiger partial charge is 0.294 e. The van der Waals surface area contributed by atoms with Crippen LogP contribution in [0, 0.1) is 17.2 Å². The van der Waals surface area contributed by atoms with Crippen LogP contribution < -0.4 is 0 Å². The van der Waals surface area contributed by atoms with E-state index in [1.807, 2.05) is 0 Å². The fourth-order valence-corrected chi connectivity index (χ4v) is 3.50. The van der Waals surface area contributed by atoms with E-state index in [2.05, 4.69) is 35.2 Å². The van der Waals surface area contributed by atoms with Crippen molar-refractivity contribution in [3.63, 3.8) is 0 Å². The van der Waals surface area contributed by atoms with E-state index in [1.54, 1.807) is 0 Å². The molecule has 1 saturated carbocycles. The van der Waals surface area contributed by atoms with Crippen LogP contribution in [-0.4, -0.2) is 17.5 Å². The van der Waals surface area contributed by atoms with Gasteiger partial charge in [0, 0.05) is 19.1 Å². The highest BCUT2D eigenvalue weighted by molar-refractivity contribution is 5.29. The fraction of sp³-hybridized carbons (Fsp3) is 0.562. The van der Waals surface area contributed by atoms with Gasteiger partial charge in [0.1, 0.15) is 0 Å². The number of nitrogens with zero attached hydrogens (tertiary/aromatic N) is 2. The predicted octanol–water partition coefficient (Wildman–Crippen LogP) is 3.13. The number of hydrogen-bond acceptors (Lipinski definition) is 2. The highest BCUT2D eigenvalue weighted by atomic mass is 15.2. The minimum absolute atomic E-state index is 0.254. The minimum Gasteiger partial charge on any atom is -0.294 e. The van der Waals surface area contributed by atoms with Crippen LogP contribution >= 0.6 is 0 Å². The summed E-state index contributed by atoms with van der Waals surface area (Å²) in [4.78, 5) is 2.55. The minimum atomic E-state index is 0.254. The zero-order chi connectivity index (χ0) is 12.4. The molecule has 0 bridgehead atoms. The van der Waals surface area contributed by atoms with Crippen molar-refractivity contribution in [2.75, 3.05) is 6.54 Å². The van der Waals surface area contributed by atoms with Crippen LogP contribution in [0.1, 0.15) is 36.8 Å². The number of nitriles is 1. The Kier molecular flexibility index (Phi) is 3.34. The summed E-state index contributed by atoms with van der Waals surface area (Å²) in [5.41, 5.74) is 2.96. The molecule has 0 radical (unpaired) electrons. The second kappa shape index (κ2) is 5.12. The fourth-order valence-electron chi connectivity index (χ4n) is 3.50. The van der Waals surface area contributed by atoms with Crippen LogP contribution in [-0.2, 0) is 13.0 Å². The first-order chi connectivity index (χ1) is 8.88. The lowest BCUT2D eigenvalue weighted by Gasteiger charge is -2.39. The summed E-state index contributed by atoms with van der Waals surface area (Å²) in [5, 5.41) is 9.31. The smallest absolute Gasteiger partial charge is 0.0672 e. The lowest BCUT2D eigenvalue weighted by Crippen LogP contribution is -2.44. The van der Waals surface area contributed by atoms with E-state index in [-0.39, 0.29) is 5.92 Å². The molecule has 0 aromatic heterocycles. The summed E-state index contributed by atoms with van der Waals surface area (Å²) >= 11 is 0. The summed E-state index contributed by atoms with van der Waals surface area (Å²) in [7, 11) is 0. The molecule has 1 heterocycles. The molecule has 1 fully saturated rings. The third kappa shape index (κ3) is 2.15. The van der Waals surface area contributed by atoms with Crippen molar-refractivity contribution in [1.29, 1.82) is 5.26 Å². The maximum Gasteiger partial charge on any atom is 0.0672 e. The molecule has 1 aliphatic heterocycles. The predicted molar refractivity (Wildman–Crippen MR) is 71.9 cm³/mol. The van der Waals surface area contributed by atoms with E-state index in [9.17, 15) is 5.26 Å². The Hall–Kier alpha value is -1.33. The summed E-state index contributed by atoms with van der Waals surface area (Å²) < 4.78 is 0.